The molecule has 6 heteroatoms. The van der Waals surface area contributed by atoms with E-state index in [0.29, 0.717) is 5.41 Å². The van der Waals surface area contributed by atoms with Crippen molar-refractivity contribution in [1.82, 2.24) is 20.0 Å². The van der Waals surface area contributed by atoms with E-state index in [1.54, 1.807) is 0 Å². The van der Waals surface area contributed by atoms with E-state index in [1.807, 2.05) is 17.9 Å². The van der Waals surface area contributed by atoms with Gasteiger partial charge in [-0.25, -0.2) is 0 Å². The normalized spacial score (nSPS) is 19.8. The van der Waals surface area contributed by atoms with Crippen LogP contribution in [0.5, 0.6) is 0 Å². The molecule has 1 saturated carbocycles. The molecule has 0 amide bonds. The fourth-order valence-corrected chi connectivity index (χ4v) is 4.14. The van der Waals surface area contributed by atoms with E-state index in [4.69, 9.17) is 4.99 Å². The second-order valence-electron chi connectivity index (χ2n) is 7.24. The third kappa shape index (κ3) is 4.86. The zero-order chi connectivity index (χ0) is 16.1. The average Bonchev–Trinajstić information content (AvgIpc) is 3.26. The van der Waals surface area contributed by atoms with Crippen LogP contribution in [-0.4, -0.2) is 46.8 Å². The summed E-state index contributed by atoms with van der Waals surface area (Å²) in [6, 6.07) is 0. The minimum absolute atomic E-state index is 0. The molecule has 1 aliphatic carbocycles. The van der Waals surface area contributed by atoms with Gasteiger partial charge in [0.15, 0.2) is 5.96 Å². The quantitative estimate of drug-likeness (QED) is 0.328. The van der Waals surface area contributed by atoms with Crippen molar-refractivity contribution in [3.8, 4) is 0 Å². The van der Waals surface area contributed by atoms with E-state index in [0.717, 1.165) is 31.9 Å². The summed E-state index contributed by atoms with van der Waals surface area (Å²) in [7, 11) is 1.97. The summed E-state index contributed by atoms with van der Waals surface area (Å²) in [4.78, 5) is 7.38. The van der Waals surface area contributed by atoms with Crippen LogP contribution in [0.3, 0.4) is 0 Å². The second kappa shape index (κ2) is 9.06. The molecule has 1 aromatic heterocycles. The Hall–Kier alpha value is -0.790. The largest absolute Gasteiger partial charge is 0.357 e. The van der Waals surface area contributed by atoms with Gasteiger partial charge in [0.1, 0.15) is 0 Å². The van der Waals surface area contributed by atoms with Crippen molar-refractivity contribution in [2.75, 3.05) is 26.2 Å². The minimum atomic E-state index is 0. The van der Waals surface area contributed by atoms with Gasteiger partial charge < -0.3 is 10.2 Å². The van der Waals surface area contributed by atoms with Gasteiger partial charge in [0, 0.05) is 39.4 Å². The van der Waals surface area contributed by atoms with Crippen LogP contribution in [0.4, 0.5) is 0 Å². The molecule has 0 radical (unpaired) electrons. The lowest BCUT2D eigenvalue weighted by atomic mass is 9.86. The van der Waals surface area contributed by atoms with Crippen LogP contribution in [0.1, 0.15) is 51.0 Å². The molecule has 0 bridgehead atoms. The first-order valence-electron chi connectivity index (χ1n) is 9.22. The Kier molecular flexibility index (Phi) is 7.37. The van der Waals surface area contributed by atoms with Crippen molar-refractivity contribution in [1.29, 1.82) is 0 Å². The number of aromatic nitrogens is 2. The molecule has 1 saturated heterocycles. The molecule has 2 aliphatic rings. The Balaban J connectivity index is 0.00000208. The predicted molar refractivity (Wildman–Crippen MR) is 110 cm³/mol. The van der Waals surface area contributed by atoms with Gasteiger partial charge in [-0.2, -0.15) is 5.10 Å². The smallest absolute Gasteiger partial charge is 0.193 e. The zero-order valence-corrected chi connectivity index (χ0v) is 17.5. The standard InChI is InChI=1S/C18H31N5.HI/c1-3-19-17(20-11-6-7-16-13-21-22(2)14-16)23-12-10-18(15-23)8-4-5-9-18;/h13-14H,3-12,15H2,1-2H3,(H,19,20);1H. The van der Waals surface area contributed by atoms with Gasteiger partial charge in [-0.05, 0) is 50.0 Å². The maximum Gasteiger partial charge on any atom is 0.193 e. The summed E-state index contributed by atoms with van der Waals surface area (Å²) in [5, 5.41) is 7.72. The van der Waals surface area contributed by atoms with Crippen molar-refractivity contribution < 1.29 is 0 Å². The zero-order valence-electron chi connectivity index (χ0n) is 15.1. The Bertz CT molecular complexity index is 533. The number of halogens is 1. The molecule has 0 aromatic carbocycles. The number of aryl methyl sites for hydroxylation is 2. The van der Waals surface area contributed by atoms with E-state index >= 15 is 0 Å². The van der Waals surface area contributed by atoms with Crippen molar-refractivity contribution >= 4 is 29.9 Å². The summed E-state index contributed by atoms with van der Waals surface area (Å²) in [5.41, 5.74) is 1.91. The fourth-order valence-electron chi connectivity index (χ4n) is 4.14. The van der Waals surface area contributed by atoms with Crippen molar-refractivity contribution in [2.24, 2.45) is 17.5 Å². The van der Waals surface area contributed by atoms with Gasteiger partial charge >= 0.3 is 0 Å². The summed E-state index contributed by atoms with van der Waals surface area (Å²) in [5.74, 6) is 1.13. The molecule has 1 N–H and O–H groups in total. The van der Waals surface area contributed by atoms with Gasteiger partial charge in [-0.1, -0.05) is 12.8 Å². The van der Waals surface area contributed by atoms with Crippen LogP contribution in [0.25, 0.3) is 0 Å². The average molecular weight is 445 g/mol. The first-order valence-corrected chi connectivity index (χ1v) is 9.22. The van der Waals surface area contributed by atoms with E-state index < -0.39 is 0 Å². The number of hydrogen-bond acceptors (Lipinski definition) is 2. The van der Waals surface area contributed by atoms with Crippen molar-refractivity contribution in [3.63, 3.8) is 0 Å². The number of guanidine groups is 1. The molecule has 2 fully saturated rings. The maximum absolute atomic E-state index is 4.88. The molecule has 5 nitrogen and oxygen atoms in total. The summed E-state index contributed by atoms with van der Waals surface area (Å²) in [6.45, 7) is 6.38. The number of hydrogen-bond donors (Lipinski definition) is 1. The Morgan fingerprint density at radius 1 is 1.33 bits per heavy atom. The van der Waals surface area contributed by atoms with E-state index in [9.17, 15) is 0 Å². The third-order valence-corrected chi connectivity index (χ3v) is 5.38. The SMILES string of the molecule is CCNC(=NCCCc1cnn(C)c1)N1CCC2(CCCC2)C1.I. The molecule has 1 aromatic rings. The lowest BCUT2D eigenvalue weighted by Gasteiger charge is -2.26. The van der Waals surface area contributed by atoms with Gasteiger partial charge in [0.2, 0.25) is 0 Å². The third-order valence-electron chi connectivity index (χ3n) is 5.38. The number of rotatable bonds is 5. The monoisotopic (exact) mass is 445 g/mol. The molecular weight excluding hydrogens is 413 g/mol. The van der Waals surface area contributed by atoms with E-state index in [-0.39, 0.29) is 24.0 Å². The minimum Gasteiger partial charge on any atom is -0.357 e. The van der Waals surface area contributed by atoms with E-state index in [1.165, 1.54) is 50.8 Å². The van der Waals surface area contributed by atoms with Crippen LogP contribution < -0.4 is 5.32 Å². The van der Waals surface area contributed by atoms with Crippen molar-refractivity contribution in [3.05, 3.63) is 18.0 Å². The van der Waals surface area contributed by atoms with Crippen LogP contribution in [0.2, 0.25) is 0 Å². The molecule has 2 heterocycles. The second-order valence-corrected chi connectivity index (χ2v) is 7.24. The molecule has 0 atom stereocenters. The number of aliphatic imine (C=N–C) groups is 1. The molecule has 1 aliphatic heterocycles. The Morgan fingerprint density at radius 3 is 2.79 bits per heavy atom. The van der Waals surface area contributed by atoms with Crippen LogP contribution in [0.15, 0.2) is 17.4 Å². The lowest BCUT2D eigenvalue weighted by Crippen LogP contribution is -2.41. The van der Waals surface area contributed by atoms with Crippen LogP contribution >= 0.6 is 24.0 Å². The number of likely N-dealkylation sites (tertiary alicyclic amines) is 1. The molecular formula is C18H32IN5. The van der Waals surface area contributed by atoms with Gasteiger partial charge in [-0.3, -0.25) is 9.67 Å². The molecule has 0 unspecified atom stereocenters. The first-order chi connectivity index (χ1) is 11.2. The molecule has 3 rings (SSSR count). The Labute approximate surface area is 163 Å². The number of nitrogens with one attached hydrogen (secondary N) is 1. The maximum atomic E-state index is 4.88. The lowest BCUT2D eigenvalue weighted by molar-refractivity contribution is 0.309. The first kappa shape index (κ1) is 19.5. The summed E-state index contributed by atoms with van der Waals surface area (Å²) >= 11 is 0. The van der Waals surface area contributed by atoms with Gasteiger partial charge in [-0.15, -0.1) is 24.0 Å². The van der Waals surface area contributed by atoms with Crippen LogP contribution in [-0.2, 0) is 13.5 Å². The highest BCUT2D eigenvalue weighted by atomic mass is 127. The topological polar surface area (TPSA) is 45.5 Å². The Morgan fingerprint density at radius 2 is 2.12 bits per heavy atom. The van der Waals surface area contributed by atoms with Gasteiger partial charge in [0.25, 0.3) is 0 Å². The molecule has 136 valence electrons. The summed E-state index contributed by atoms with van der Waals surface area (Å²) < 4.78 is 1.87. The predicted octanol–water partition coefficient (Wildman–Crippen LogP) is 3.20. The molecule has 1 spiro atoms. The highest BCUT2D eigenvalue weighted by Gasteiger charge is 2.40. The van der Waals surface area contributed by atoms with Crippen LogP contribution in [0, 0.1) is 5.41 Å². The molecule has 24 heavy (non-hydrogen) atoms. The highest BCUT2D eigenvalue weighted by molar-refractivity contribution is 14.0. The highest BCUT2D eigenvalue weighted by Crippen LogP contribution is 2.45. The van der Waals surface area contributed by atoms with E-state index in [2.05, 4.69) is 28.4 Å². The van der Waals surface area contributed by atoms with Gasteiger partial charge in [0.05, 0.1) is 6.20 Å². The number of nitrogens with zero attached hydrogens (tertiary/aromatic N) is 4. The fraction of sp³-hybridized carbons (Fsp3) is 0.778. The summed E-state index contributed by atoms with van der Waals surface area (Å²) in [6.07, 6.45) is 13.2. The van der Waals surface area contributed by atoms with Crippen molar-refractivity contribution in [2.45, 2.75) is 51.9 Å².